The summed E-state index contributed by atoms with van der Waals surface area (Å²) in [5.74, 6) is -0.00421. The summed E-state index contributed by atoms with van der Waals surface area (Å²) in [7, 11) is 0. The van der Waals surface area contributed by atoms with Crippen molar-refractivity contribution in [3.05, 3.63) is 36.0 Å². The van der Waals surface area contributed by atoms with Gasteiger partial charge in [-0.1, -0.05) is 74.4 Å². The monoisotopic (exact) mass is 671 g/mol. The Labute approximate surface area is 285 Å². The molecule has 3 rings (SSSR count). The van der Waals surface area contributed by atoms with E-state index in [2.05, 4.69) is 10.3 Å². The first-order valence-corrected chi connectivity index (χ1v) is 16.9. The summed E-state index contributed by atoms with van der Waals surface area (Å²) in [6.45, 7) is 19.4. The van der Waals surface area contributed by atoms with Gasteiger partial charge in [0, 0.05) is 37.8 Å². The summed E-state index contributed by atoms with van der Waals surface area (Å²) in [6.07, 6.45) is -0.487. The molecule has 1 aliphatic heterocycles. The van der Waals surface area contributed by atoms with Crippen LogP contribution in [0.2, 0.25) is 0 Å². The second-order valence-corrected chi connectivity index (χ2v) is 16.1. The zero-order valence-corrected chi connectivity index (χ0v) is 30.3. The molecule has 1 aliphatic rings. The number of nitrogens with zero attached hydrogens (tertiary/aromatic N) is 4. The summed E-state index contributed by atoms with van der Waals surface area (Å²) in [5.41, 5.74) is -4.41. The van der Waals surface area contributed by atoms with E-state index in [1.165, 1.54) is 14.7 Å². The molecule has 1 aromatic carbocycles. The summed E-state index contributed by atoms with van der Waals surface area (Å²) in [4.78, 5) is 48.6. The molecule has 12 heteroatoms. The predicted octanol–water partition coefficient (Wildman–Crippen LogP) is 6.81. The number of fused-ring (bicyclic) bond motifs is 1. The number of aromatic nitrogens is 1. The van der Waals surface area contributed by atoms with E-state index in [-0.39, 0.29) is 38.2 Å². The maximum atomic E-state index is 13.9. The highest BCUT2D eigenvalue weighted by atomic mass is 16.4. The van der Waals surface area contributed by atoms with E-state index in [9.17, 15) is 34.8 Å². The summed E-state index contributed by atoms with van der Waals surface area (Å²) in [5, 5.41) is 47.4. The van der Waals surface area contributed by atoms with Crippen LogP contribution < -0.4 is 5.32 Å². The third kappa shape index (κ3) is 6.99. The number of phenolic OH excluding ortho intramolecular Hbond substituents is 1. The topological polar surface area (TPSA) is 167 Å². The van der Waals surface area contributed by atoms with Crippen LogP contribution in [0.4, 0.5) is 14.4 Å². The second-order valence-electron chi connectivity index (χ2n) is 16.1. The first kappa shape index (κ1) is 38.6. The zero-order valence-electron chi connectivity index (χ0n) is 30.3. The number of carboxylic acid groups (broad SMARTS) is 3. The van der Waals surface area contributed by atoms with Crippen molar-refractivity contribution in [3.63, 3.8) is 0 Å². The molecule has 0 saturated carbocycles. The number of carbonyl (C=O) groups is 3. The van der Waals surface area contributed by atoms with E-state index in [1.807, 2.05) is 68.4 Å². The van der Waals surface area contributed by atoms with Crippen LogP contribution in [0.3, 0.4) is 0 Å². The van der Waals surface area contributed by atoms with Crippen molar-refractivity contribution in [1.29, 1.82) is 0 Å². The molecular formula is C36H57N5O7. The van der Waals surface area contributed by atoms with Crippen molar-refractivity contribution in [2.75, 3.05) is 39.3 Å². The average molecular weight is 672 g/mol. The summed E-state index contributed by atoms with van der Waals surface area (Å²) >= 11 is 0. The minimum Gasteiger partial charge on any atom is -0.506 e. The third-order valence-corrected chi connectivity index (χ3v) is 10.2. The summed E-state index contributed by atoms with van der Waals surface area (Å²) < 4.78 is 0. The minimum absolute atomic E-state index is 0.00421. The third-order valence-electron chi connectivity index (χ3n) is 10.2. The number of benzene rings is 1. The molecule has 268 valence electrons. The molecule has 1 atom stereocenters. The second kappa shape index (κ2) is 14.4. The average Bonchev–Trinajstić information content (AvgIpc) is 2.95. The van der Waals surface area contributed by atoms with E-state index in [1.54, 1.807) is 24.4 Å². The predicted molar refractivity (Wildman–Crippen MR) is 187 cm³/mol. The molecule has 1 saturated heterocycles. The molecule has 1 fully saturated rings. The van der Waals surface area contributed by atoms with E-state index >= 15 is 0 Å². The first-order valence-electron chi connectivity index (χ1n) is 16.9. The van der Waals surface area contributed by atoms with Crippen LogP contribution in [0.5, 0.6) is 5.75 Å². The van der Waals surface area contributed by atoms with Crippen LogP contribution in [-0.4, -0.2) is 109 Å². The van der Waals surface area contributed by atoms with Gasteiger partial charge in [-0.05, 0) is 72.7 Å². The summed E-state index contributed by atoms with van der Waals surface area (Å²) in [6, 6.07) is 6.97. The highest BCUT2D eigenvalue weighted by molar-refractivity contribution is 5.87. The number of amides is 3. The highest BCUT2D eigenvalue weighted by Gasteiger charge is 2.73. The van der Waals surface area contributed by atoms with Crippen LogP contribution in [0, 0.1) is 16.2 Å². The number of rotatable bonds is 2. The molecule has 0 radical (unpaired) electrons. The Kier molecular flexibility index (Phi) is 11.6. The minimum atomic E-state index is -1.44. The Hall–Kier alpha value is -3.80. The van der Waals surface area contributed by atoms with Crippen molar-refractivity contribution in [2.45, 2.75) is 99.1 Å². The number of nitrogens with one attached hydrogen (secondary N) is 1. The van der Waals surface area contributed by atoms with Gasteiger partial charge in [0.2, 0.25) is 0 Å². The van der Waals surface area contributed by atoms with Gasteiger partial charge in [-0.2, -0.15) is 0 Å². The van der Waals surface area contributed by atoms with Crippen LogP contribution in [0.1, 0.15) is 87.1 Å². The number of hydrogen-bond donors (Lipinski definition) is 5. The Balaban J connectivity index is 2.59. The molecule has 1 aromatic heterocycles. The molecule has 2 heterocycles. The highest BCUT2D eigenvalue weighted by Crippen LogP contribution is 2.63. The van der Waals surface area contributed by atoms with Crippen molar-refractivity contribution in [1.82, 2.24) is 25.0 Å². The molecule has 0 aliphatic carbocycles. The maximum Gasteiger partial charge on any atom is 0.407 e. The van der Waals surface area contributed by atoms with Gasteiger partial charge in [-0.15, -0.1) is 0 Å². The SMILES string of the molecule is CC(C)(C)C1(Cc2ccc(O)c3ncccc23)N(C(=O)O)CCCNCCCN(C(=O)O)CCCN(C(=O)O)C1(C(C)(C)C)C(C)(C)C. The lowest BCUT2D eigenvalue weighted by molar-refractivity contribution is -0.203. The maximum absolute atomic E-state index is 13.9. The lowest BCUT2D eigenvalue weighted by Crippen LogP contribution is -2.85. The van der Waals surface area contributed by atoms with E-state index in [0.29, 0.717) is 43.4 Å². The standard InChI is InChI=1S/C36H57N5O7/c1-32(2,3)35(24-25-15-16-27(42)28-26(25)14-10-19-38-28)36(33(4,5)6,34(7,8)9)41(31(47)48)23-13-21-39(29(43)44)20-11-17-37-18-12-22-40(35)30(45)46/h10,14-16,19,37,42H,11-13,17-18,20-24H2,1-9H3,(H,43,44)(H,45,46)(H,47,48). The van der Waals surface area contributed by atoms with Gasteiger partial charge >= 0.3 is 18.3 Å². The van der Waals surface area contributed by atoms with E-state index in [0.717, 1.165) is 5.56 Å². The van der Waals surface area contributed by atoms with Crippen LogP contribution in [-0.2, 0) is 6.42 Å². The Morgan fingerprint density at radius 1 is 0.750 bits per heavy atom. The molecule has 48 heavy (non-hydrogen) atoms. The number of pyridine rings is 1. The zero-order chi connectivity index (χ0) is 36.3. The van der Waals surface area contributed by atoms with E-state index in [4.69, 9.17) is 0 Å². The number of phenols is 1. The largest absolute Gasteiger partial charge is 0.506 e. The van der Waals surface area contributed by atoms with Gasteiger partial charge in [0.15, 0.2) is 0 Å². The fourth-order valence-electron chi connectivity index (χ4n) is 9.14. The fraction of sp³-hybridized carbons (Fsp3) is 0.667. The molecule has 12 nitrogen and oxygen atoms in total. The lowest BCUT2D eigenvalue weighted by atomic mass is 9.43. The Bertz CT molecular complexity index is 1450. The van der Waals surface area contributed by atoms with Gasteiger partial charge in [0.25, 0.3) is 0 Å². The van der Waals surface area contributed by atoms with Crippen molar-refractivity contribution >= 4 is 29.2 Å². The fourth-order valence-corrected chi connectivity index (χ4v) is 9.14. The Morgan fingerprint density at radius 3 is 1.81 bits per heavy atom. The van der Waals surface area contributed by atoms with Crippen molar-refractivity contribution in [2.24, 2.45) is 16.2 Å². The van der Waals surface area contributed by atoms with Crippen LogP contribution in [0.25, 0.3) is 10.9 Å². The van der Waals surface area contributed by atoms with Gasteiger partial charge in [0.05, 0.1) is 11.1 Å². The molecule has 0 spiro atoms. The molecule has 0 bridgehead atoms. The molecule has 3 amide bonds. The molecular weight excluding hydrogens is 614 g/mol. The smallest absolute Gasteiger partial charge is 0.407 e. The molecule has 1 unspecified atom stereocenters. The lowest BCUT2D eigenvalue weighted by Gasteiger charge is -2.72. The number of hydrogen-bond acceptors (Lipinski definition) is 6. The normalized spacial score (nSPS) is 21.0. The molecule has 5 N–H and O–H groups in total. The Morgan fingerprint density at radius 2 is 1.29 bits per heavy atom. The van der Waals surface area contributed by atoms with Gasteiger partial charge < -0.3 is 30.6 Å². The van der Waals surface area contributed by atoms with Crippen molar-refractivity contribution < 1.29 is 34.8 Å². The first-order chi connectivity index (χ1) is 22.1. The van der Waals surface area contributed by atoms with Crippen LogP contribution >= 0.6 is 0 Å². The number of aromatic hydroxyl groups is 1. The van der Waals surface area contributed by atoms with Gasteiger partial charge in [-0.3, -0.25) is 14.8 Å². The van der Waals surface area contributed by atoms with Gasteiger partial charge in [-0.25, -0.2) is 14.4 Å². The quantitative estimate of drug-likeness (QED) is 0.230. The van der Waals surface area contributed by atoms with Crippen LogP contribution in [0.15, 0.2) is 30.5 Å². The van der Waals surface area contributed by atoms with Gasteiger partial charge in [0.1, 0.15) is 11.3 Å². The molecule has 2 aromatic rings. The van der Waals surface area contributed by atoms with E-state index < -0.39 is 45.6 Å². The van der Waals surface area contributed by atoms with Crippen molar-refractivity contribution in [3.8, 4) is 5.75 Å².